The van der Waals surface area contributed by atoms with E-state index in [-0.39, 0.29) is 5.91 Å². The summed E-state index contributed by atoms with van der Waals surface area (Å²) in [6.07, 6.45) is 4.42. The highest BCUT2D eigenvalue weighted by Crippen LogP contribution is 2.29. The van der Waals surface area contributed by atoms with E-state index in [4.69, 9.17) is 0 Å². The molecule has 0 bridgehead atoms. The third-order valence-corrected chi connectivity index (χ3v) is 5.72. The highest BCUT2D eigenvalue weighted by Gasteiger charge is 2.33. The van der Waals surface area contributed by atoms with Crippen molar-refractivity contribution in [2.24, 2.45) is 0 Å². The molecule has 2 heterocycles. The topological polar surface area (TPSA) is 56.3 Å². The molecule has 0 unspecified atom stereocenters. The number of nitrogens with one attached hydrogen (secondary N) is 1. The van der Waals surface area contributed by atoms with Crippen LogP contribution in [-0.2, 0) is 11.2 Å². The molecule has 1 aliphatic heterocycles. The lowest BCUT2D eigenvalue weighted by Gasteiger charge is -2.38. The summed E-state index contributed by atoms with van der Waals surface area (Å²) in [5, 5.41) is 12.1. The van der Waals surface area contributed by atoms with Crippen LogP contribution in [-0.4, -0.2) is 39.6 Å². The fourth-order valence-electron chi connectivity index (χ4n) is 4.00. The van der Waals surface area contributed by atoms with Gasteiger partial charge in [0.25, 0.3) is 0 Å². The summed E-state index contributed by atoms with van der Waals surface area (Å²) in [6, 6.07) is 17.0. The third kappa shape index (κ3) is 3.76. The Kier molecular flexibility index (Phi) is 4.75. The molecule has 27 heavy (non-hydrogen) atoms. The molecule has 1 amide bonds. The van der Waals surface area contributed by atoms with Gasteiger partial charge >= 0.3 is 0 Å². The van der Waals surface area contributed by atoms with Crippen molar-refractivity contribution in [2.75, 3.05) is 13.1 Å². The molecule has 0 atom stereocenters. The maximum absolute atomic E-state index is 11.8. The Labute approximate surface area is 159 Å². The van der Waals surface area contributed by atoms with Gasteiger partial charge in [0.2, 0.25) is 5.91 Å². The molecule has 4 nitrogen and oxygen atoms in total. The maximum Gasteiger partial charge on any atom is 0.222 e. The molecule has 1 fully saturated rings. The van der Waals surface area contributed by atoms with Crippen LogP contribution in [0.1, 0.15) is 31.7 Å². The monoisotopic (exact) mass is 362 g/mol. The summed E-state index contributed by atoms with van der Waals surface area (Å²) >= 11 is 0. The smallest absolute Gasteiger partial charge is 0.222 e. The predicted molar refractivity (Wildman–Crippen MR) is 108 cm³/mol. The van der Waals surface area contributed by atoms with Crippen LogP contribution >= 0.6 is 0 Å². The van der Waals surface area contributed by atoms with Gasteiger partial charge in [0, 0.05) is 37.6 Å². The molecule has 140 valence electrons. The molecule has 0 saturated carbocycles. The number of aromatic amines is 1. The van der Waals surface area contributed by atoms with Crippen LogP contribution in [0.4, 0.5) is 0 Å². The number of fused-ring (bicyclic) bond motifs is 1. The van der Waals surface area contributed by atoms with E-state index in [1.165, 1.54) is 16.5 Å². The molecule has 3 aromatic rings. The maximum atomic E-state index is 11.8. The number of hydrogen-bond donors (Lipinski definition) is 2. The van der Waals surface area contributed by atoms with Gasteiger partial charge in [0.05, 0.1) is 5.60 Å². The second-order valence-electron chi connectivity index (χ2n) is 7.61. The minimum absolute atomic E-state index is 0.181. The summed E-state index contributed by atoms with van der Waals surface area (Å²) in [4.78, 5) is 16.9. The Morgan fingerprint density at radius 3 is 2.48 bits per heavy atom. The summed E-state index contributed by atoms with van der Waals surface area (Å²) < 4.78 is 0. The van der Waals surface area contributed by atoms with E-state index in [0.29, 0.717) is 38.8 Å². The molecule has 1 aliphatic rings. The fraction of sp³-hybridized carbons (Fsp3) is 0.348. The number of rotatable bonds is 4. The fourth-order valence-corrected chi connectivity index (χ4v) is 4.00. The van der Waals surface area contributed by atoms with Gasteiger partial charge in [0.15, 0.2) is 0 Å². The van der Waals surface area contributed by atoms with Crippen LogP contribution in [0.25, 0.3) is 22.0 Å². The number of carbonyl (C=O) groups excluding carboxylic acids is 1. The highest BCUT2D eigenvalue weighted by molar-refractivity contribution is 5.85. The number of H-pyrrole nitrogens is 1. The first-order chi connectivity index (χ1) is 13.1. The van der Waals surface area contributed by atoms with Crippen molar-refractivity contribution in [3.05, 3.63) is 60.3 Å². The first-order valence-corrected chi connectivity index (χ1v) is 9.73. The summed E-state index contributed by atoms with van der Waals surface area (Å²) in [5.74, 6) is 0.181. The number of aliphatic hydroxyl groups is 1. The van der Waals surface area contributed by atoms with Crippen molar-refractivity contribution in [3.63, 3.8) is 0 Å². The summed E-state index contributed by atoms with van der Waals surface area (Å²) in [7, 11) is 0. The van der Waals surface area contributed by atoms with Gasteiger partial charge in [-0.15, -0.1) is 0 Å². The zero-order chi connectivity index (χ0) is 18.9. The van der Waals surface area contributed by atoms with Crippen molar-refractivity contribution in [3.8, 4) is 11.1 Å². The van der Waals surface area contributed by atoms with E-state index in [0.717, 1.165) is 11.1 Å². The minimum atomic E-state index is -0.712. The number of likely N-dealkylation sites (tertiary alicyclic amines) is 1. The number of hydrogen-bond acceptors (Lipinski definition) is 2. The molecule has 1 aromatic heterocycles. The van der Waals surface area contributed by atoms with Gasteiger partial charge in [-0.2, -0.15) is 0 Å². The van der Waals surface area contributed by atoms with E-state index in [2.05, 4.69) is 53.5 Å². The normalized spacial score (nSPS) is 16.6. The average Bonchev–Trinajstić information content (AvgIpc) is 3.16. The molecule has 1 saturated heterocycles. The van der Waals surface area contributed by atoms with E-state index < -0.39 is 5.60 Å². The number of nitrogens with zero attached hydrogens (tertiary/aromatic N) is 1. The first kappa shape index (κ1) is 17.8. The molecular weight excluding hydrogens is 336 g/mol. The number of carbonyl (C=O) groups is 1. The molecule has 4 heteroatoms. The second kappa shape index (κ2) is 7.20. The van der Waals surface area contributed by atoms with Crippen molar-refractivity contribution in [1.29, 1.82) is 0 Å². The van der Waals surface area contributed by atoms with Crippen LogP contribution in [0.3, 0.4) is 0 Å². The number of benzene rings is 2. The SMILES string of the molecule is CCC(=O)N1CCC(O)(Cc2ccc(-c3ccc4[nH]ccc4c3)cc2)CC1. The highest BCUT2D eigenvalue weighted by atomic mass is 16.3. The van der Waals surface area contributed by atoms with Crippen molar-refractivity contribution in [2.45, 2.75) is 38.2 Å². The predicted octanol–water partition coefficient (Wildman–Crippen LogP) is 4.14. The number of amides is 1. The molecular formula is C23H26N2O2. The number of piperidine rings is 1. The molecule has 4 rings (SSSR count). The lowest BCUT2D eigenvalue weighted by atomic mass is 9.85. The Hall–Kier alpha value is -2.59. The largest absolute Gasteiger partial charge is 0.389 e. The van der Waals surface area contributed by atoms with Gasteiger partial charge in [-0.1, -0.05) is 37.3 Å². The van der Waals surface area contributed by atoms with E-state index >= 15 is 0 Å². The van der Waals surface area contributed by atoms with E-state index in [1.807, 2.05) is 18.0 Å². The third-order valence-electron chi connectivity index (χ3n) is 5.72. The van der Waals surface area contributed by atoms with E-state index in [1.54, 1.807) is 0 Å². The number of aromatic nitrogens is 1. The van der Waals surface area contributed by atoms with Gasteiger partial charge in [0.1, 0.15) is 0 Å². The summed E-state index contributed by atoms with van der Waals surface area (Å²) in [5.41, 5.74) is 3.94. The molecule has 2 aromatic carbocycles. The lowest BCUT2D eigenvalue weighted by molar-refractivity contribution is -0.135. The Bertz CT molecular complexity index is 934. The Morgan fingerprint density at radius 1 is 1.07 bits per heavy atom. The molecule has 0 spiro atoms. The Morgan fingerprint density at radius 2 is 1.78 bits per heavy atom. The second-order valence-corrected chi connectivity index (χ2v) is 7.61. The van der Waals surface area contributed by atoms with Crippen LogP contribution in [0.2, 0.25) is 0 Å². The molecule has 2 N–H and O–H groups in total. The van der Waals surface area contributed by atoms with Gasteiger partial charge in [-0.25, -0.2) is 0 Å². The minimum Gasteiger partial charge on any atom is -0.389 e. The van der Waals surface area contributed by atoms with Crippen molar-refractivity contribution in [1.82, 2.24) is 9.88 Å². The quantitative estimate of drug-likeness (QED) is 0.733. The van der Waals surface area contributed by atoms with E-state index in [9.17, 15) is 9.90 Å². The van der Waals surface area contributed by atoms with Gasteiger partial charge < -0.3 is 15.0 Å². The van der Waals surface area contributed by atoms with Crippen LogP contribution in [0, 0.1) is 0 Å². The average molecular weight is 362 g/mol. The molecule has 0 aliphatic carbocycles. The first-order valence-electron chi connectivity index (χ1n) is 9.73. The zero-order valence-corrected chi connectivity index (χ0v) is 15.7. The lowest BCUT2D eigenvalue weighted by Crippen LogP contribution is -2.47. The Balaban J connectivity index is 1.44. The van der Waals surface area contributed by atoms with Crippen LogP contribution in [0.15, 0.2) is 54.7 Å². The van der Waals surface area contributed by atoms with Crippen molar-refractivity contribution >= 4 is 16.8 Å². The van der Waals surface area contributed by atoms with Gasteiger partial charge in [-0.3, -0.25) is 4.79 Å². The van der Waals surface area contributed by atoms with Crippen LogP contribution < -0.4 is 0 Å². The molecule has 0 radical (unpaired) electrons. The zero-order valence-electron chi connectivity index (χ0n) is 15.7. The summed E-state index contributed by atoms with van der Waals surface area (Å²) in [6.45, 7) is 3.19. The standard InChI is InChI=1S/C23H26N2O2/c1-2-22(26)25-13-10-23(27,11-14-25)16-17-3-5-18(6-4-17)19-7-8-21-20(15-19)9-12-24-21/h3-9,12,15,24,27H,2,10-11,13-14,16H2,1H3. The van der Waals surface area contributed by atoms with Crippen LogP contribution in [0.5, 0.6) is 0 Å². The van der Waals surface area contributed by atoms with Gasteiger partial charge in [-0.05, 0) is 53.1 Å². The van der Waals surface area contributed by atoms with Crippen molar-refractivity contribution < 1.29 is 9.90 Å².